The lowest BCUT2D eigenvalue weighted by Crippen LogP contribution is -2.19. The number of hydrazone groups is 1. The Kier molecular flexibility index (Phi) is 6.57. The van der Waals surface area contributed by atoms with Gasteiger partial charge in [0, 0.05) is 21.3 Å². The normalized spacial score (nSPS) is 11.1. The molecule has 2 amide bonds. The van der Waals surface area contributed by atoms with Gasteiger partial charge in [0.25, 0.3) is 11.8 Å². The van der Waals surface area contributed by atoms with Gasteiger partial charge in [-0.2, -0.15) is 5.10 Å². The first-order valence-electron chi connectivity index (χ1n) is 9.01. The summed E-state index contributed by atoms with van der Waals surface area (Å²) in [6, 6.07) is 21.8. The fourth-order valence-electron chi connectivity index (χ4n) is 2.71. The molecule has 5 nitrogen and oxygen atoms in total. The summed E-state index contributed by atoms with van der Waals surface area (Å²) in [5.74, 6) is -0.474. The Morgan fingerprint density at radius 2 is 1.48 bits per heavy atom. The summed E-state index contributed by atoms with van der Waals surface area (Å²) in [7, 11) is 0. The van der Waals surface area contributed by atoms with E-state index in [1.165, 1.54) is 0 Å². The molecule has 0 aliphatic heterocycles. The van der Waals surface area contributed by atoms with Gasteiger partial charge in [-0.3, -0.25) is 9.59 Å². The number of hydrogen-bond acceptors (Lipinski definition) is 3. The highest BCUT2D eigenvalue weighted by Crippen LogP contribution is 2.14. The molecule has 0 fully saturated rings. The predicted octanol–water partition coefficient (Wildman–Crippen LogP) is 5.16. The van der Waals surface area contributed by atoms with Crippen LogP contribution in [0.3, 0.4) is 0 Å². The van der Waals surface area contributed by atoms with E-state index >= 15 is 0 Å². The largest absolute Gasteiger partial charge is 0.322 e. The molecule has 29 heavy (non-hydrogen) atoms. The third kappa shape index (κ3) is 5.62. The second kappa shape index (κ2) is 9.30. The van der Waals surface area contributed by atoms with Crippen molar-refractivity contribution < 1.29 is 9.59 Å². The van der Waals surface area contributed by atoms with Gasteiger partial charge in [0.1, 0.15) is 0 Å². The van der Waals surface area contributed by atoms with Crippen molar-refractivity contribution in [2.24, 2.45) is 5.10 Å². The number of anilines is 1. The van der Waals surface area contributed by atoms with Gasteiger partial charge in [0.15, 0.2) is 0 Å². The summed E-state index contributed by atoms with van der Waals surface area (Å²) in [6.45, 7) is 3.74. The van der Waals surface area contributed by atoms with Gasteiger partial charge >= 0.3 is 0 Å². The Labute approximate surface area is 178 Å². The quantitative estimate of drug-likeness (QED) is 0.416. The van der Waals surface area contributed by atoms with Crippen LogP contribution in [-0.4, -0.2) is 17.5 Å². The first-order valence-corrected chi connectivity index (χ1v) is 9.80. The van der Waals surface area contributed by atoms with Gasteiger partial charge in [-0.1, -0.05) is 51.8 Å². The highest BCUT2D eigenvalue weighted by atomic mass is 79.9. The van der Waals surface area contributed by atoms with Crippen LogP contribution in [0.1, 0.15) is 38.8 Å². The number of hydrogen-bond donors (Lipinski definition) is 2. The van der Waals surface area contributed by atoms with E-state index < -0.39 is 0 Å². The average molecular weight is 450 g/mol. The number of carbonyl (C=O) groups is 2. The molecule has 0 aromatic heterocycles. The van der Waals surface area contributed by atoms with Crippen molar-refractivity contribution in [1.82, 2.24) is 5.43 Å². The first kappa shape index (κ1) is 20.5. The molecule has 0 aliphatic carbocycles. The monoisotopic (exact) mass is 449 g/mol. The fraction of sp³-hybridized carbons (Fsp3) is 0.0870. The fourth-order valence-corrected chi connectivity index (χ4v) is 3.10. The molecule has 0 bridgehead atoms. The van der Waals surface area contributed by atoms with E-state index in [0.29, 0.717) is 22.5 Å². The molecule has 6 heteroatoms. The summed E-state index contributed by atoms with van der Waals surface area (Å²) in [5, 5.41) is 7.07. The Morgan fingerprint density at radius 1 is 0.828 bits per heavy atom. The number of carbonyl (C=O) groups excluding carboxylic acids is 2. The molecule has 0 heterocycles. The van der Waals surface area contributed by atoms with Crippen LogP contribution < -0.4 is 10.7 Å². The van der Waals surface area contributed by atoms with Crippen molar-refractivity contribution in [3.63, 3.8) is 0 Å². The maximum absolute atomic E-state index is 12.4. The second-order valence-corrected chi connectivity index (χ2v) is 7.47. The Morgan fingerprint density at radius 3 is 2.21 bits per heavy atom. The minimum absolute atomic E-state index is 0.177. The minimum Gasteiger partial charge on any atom is -0.322 e. The zero-order valence-electron chi connectivity index (χ0n) is 16.1. The first-order chi connectivity index (χ1) is 13.9. The smallest absolute Gasteiger partial charge is 0.271 e. The molecule has 3 rings (SSSR count). The van der Waals surface area contributed by atoms with Crippen molar-refractivity contribution in [2.45, 2.75) is 13.8 Å². The maximum atomic E-state index is 12.4. The van der Waals surface area contributed by atoms with Crippen molar-refractivity contribution in [1.29, 1.82) is 0 Å². The van der Waals surface area contributed by atoms with E-state index in [1.54, 1.807) is 31.2 Å². The van der Waals surface area contributed by atoms with E-state index in [1.807, 2.05) is 55.5 Å². The minimum atomic E-state index is -0.297. The molecule has 3 aromatic carbocycles. The van der Waals surface area contributed by atoms with Crippen LogP contribution >= 0.6 is 15.9 Å². The molecule has 0 radical (unpaired) electrons. The Hall–Kier alpha value is -3.25. The van der Waals surface area contributed by atoms with Crippen molar-refractivity contribution in [3.05, 3.63) is 99.5 Å². The molecule has 0 unspecified atom stereocenters. The van der Waals surface area contributed by atoms with Crippen LogP contribution in [0.15, 0.2) is 82.4 Å². The van der Waals surface area contributed by atoms with Crippen molar-refractivity contribution in [3.8, 4) is 0 Å². The number of benzene rings is 3. The molecule has 0 saturated carbocycles. The molecule has 3 aromatic rings. The van der Waals surface area contributed by atoms with Gasteiger partial charge in [-0.25, -0.2) is 5.43 Å². The van der Waals surface area contributed by atoms with Crippen LogP contribution in [0.5, 0.6) is 0 Å². The van der Waals surface area contributed by atoms with Gasteiger partial charge in [-0.15, -0.1) is 0 Å². The van der Waals surface area contributed by atoms with Crippen LogP contribution in [0.4, 0.5) is 5.69 Å². The lowest BCUT2D eigenvalue weighted by molar-refractivity contribution is 0.0954. The van der Waals surface area contributed by atoms with Gasteiger partial charge in [0.05, 0.1) is 5.71 Å². The summed E-state index contributed by atoms with van der Waals surface area (Å²) in [4.78, 5) is 24.7. The number of rotatable bonds is 5. The summed E-state index contributed by atoms with van der Waals surface area (Å²) < 4.78 is 0.822. The molecule has 0 aliphatic rings. The number of nitrogens with zero attached hydrogens (tertiary/aromatic N) is 1. The molecule has 0 atom stereocenters. The van der Waals surface area contributed by atoms with Crippen molar-refractivity contribution in [2.75, 3.05) is 5.32 Å². The number of amides is 2. The van der Waals surface area contributed by atoms with E-state index in [4.69, 9.17) is 0 Å². The number of nitrogens with one attached hydrogen (secondary N) is 2. The predicted molar refractivity (Wildman–Crippen MR) is 119 cm³/mol. The third-order valence-electron chi connectivity index (χ3n) is 4.23. The highest BCUT2D eigenvalue weighted by Gasteiger charge is 2.08. The Balaban J connectivity index is 1.70. The zero-order valence-corrected chi connectivity index (χ0v) is 17.7. The van der Waals surface area contributed by atoms with Gasteiger partial charge in [0.2, 0.25) is 0 Å². The number of halogens is 1. The van der Waals surface area contributed by atoms with E-state index in [2.05, 4.69) is 31.8 Å². The zero-order chi connectivity index (χ0) is 20.8. The standard InChI is InChI=1S/C23H20BrN3O2/c1-15-6-3-8-18(12-15)22(28)25-21-11-5-7-17(14-21)16(2)26-27-23(29)19-9-4-10-20(24)13-19/h3-14H,1-2H3,(H,25,28)(H,27,29)/b26-16-. The summed E-state index contributed by atoms with van der Waals surface area (Å²) >= 11 is 3.35. The van der Waals surface area contributed by atoms with E-state index in [-0.39, 0.29) is 11.8 Å². The average Bonchev–Trinajstić information content (AvgIpc) is 2.72. The van der Waals surface area contributed by atoms with Gasteiger partial charge < -0.3 is 5.32 Å². The van der Waals surface area contributed by atoms with E-state index in [9.17, 15) is 9.59 Å². The third-order valence-corrected chi connectivity index (χ3v) is 4.72. The maximum Gasteiger partial charge on any atom is 0.271 e. The molecular formula is C23H20BrN3O2. The SMILES string of the molecule is C/C(=N/NC(=O)c1cccc(Br)c1)c1cccc(NC(=O)c2cccc(C)c2)c1. The molecule has 0 saturated heterocycles. The van der Waals surface area contributed by atoms with Crippen LogP contribution in [0, 0.1) is 6.92 Å². The van der Waals surface area contributed by atoms with Crippen LogP contribution in [-0.2, 0) is 0 Å². The second-order valence-electron chi connectivity index (χ2n) is 6.55. The molecule has 0 spiro atoms. The molecular weight excluding hydrogens is 430 g/mol. The summed E-state index contributed by atoms with van der Waals surface area (Å²) in [6.07, 6.45) is 0. The van der Waals surface area contributed by atoms with Crippen molar-refractivity contribution >= 4 is 39.1 Å². The van der Waals surface area contributed by atoms with Crippen LogP contribution in [0.25, 0.3) is 0 Å². The Bertz CT molecular complexity index is 1090. The number of aryl methyl sites for hydroxylation is 1. The highest BCUT2D eigenvalue weighted by molar-refractivity contribution is 9.10. The lowest BCUT2D eigenvalue weighted by Gasteiger charge is -2.08. The van der Waals surface area contributed by atoms with E-state index in [0.717, 1.165) is 15.6 Å². The molecule has 2 N–H and O–H groups in total. The van der Waals surface area contributed by atoms with Gasteiger partial charge in [-0.05, 0) is 61.9 Å². The summed E-state index contributed by atoms with van der Waals surface area (Å²) in [5.41, 5.74) is 6.76. The topological polar surface area (TPSA) is 70.6 Å². The lowest BCUT2D eigenvalue weighted by atomic mass is 10.1. The van der Waals surface area contributed by atoms with Crippen LogP contribution in [0.2, 0.25) is 0 Å². The molecule has 146 valence electrons.